The molecule has 1 heterocycles. The average molecular weight is 204 g/mol. The smallest absolute Gasteiger partial charge is 0.221 e. The fraction of sp³-hybridized carbons (Fsp3) is 0.500. The molecule has 0 aliphatic heterocycles. The molecular weight excluding hydrogens is 188 g/mol. The predicted molar refractivity (Wildman–Crippen MR) is 58.1 cm³/mol. The predicted octanol–water partition coefficient (Wildman–Crippen LogP) is 1.84. The second kappa shape index (κ2) is 4.43. The van der Waals surface area contributed by atoms with E-state index in [1.807, 2.05) is 18.2 Å². The van der Waals surface area contributed by atoms with E-state index in [4.69, 9.17) is 5.73 Å². The third kappa shape index (κ3) is 2.17. The van der Waals surface area contributed by atoms with Gasteiger partial charge >= 0.3 is 0 Å². The maximum Gasteiger partial charge on any atom is 0.221 e. The maximum absolute atomic E-state index is 11.3. The highest BCUT2D eigenvalue weighted by Crippen LogP contribution is 2.36. The number of nitrogens with two attached hydrogens (primary N) is 1. The van der Waals surface area contributed by atoms with E-state index >= 15 is 0 Å². The third-order valence-corrected chi connectivity index (χ3v) is 3.20. The lowest BCUT2D eigenvalue weighted by Crippen LogP contribution is -2.31. The summed E-state index contributed by atoms with van der Waals surface area (Å²) in [7, 11) is 0. The quantitative estimate of drug-likeness (QED) is 0.799. The summed E-state index contributed by atoms with van der Waals surface area (Å²) < 4.78 is 0. The van der Waals surface area contributed by atoms with Crippen molar-refractivity contribution < 1.29 is 4.79 Å². The number of amides is 1. The van der Waals surface area contributed by atoms with E-state index < -0.39 is 0 Å². The molecule has 0 aromatic carbocycles. The van der Waals surface area contributed by atoms with Crippen LogP contribution in [0.2, 0.25) is 0 Å². The largest absolute Gasteiger partial charge is 0.369 e. The molecule has 1 aromatic rings. The Balaban J connectivity index is 2.22. The molecule has 2 rings (SSSR count). The maximum atomic E-state index is 11.3. The van der Waals surface area contributed by atoms with Gasteiger partial charge in [-0.1, -0.05) is 18.9 Å². The van der Waals surface area contributed by atoms with E-state index in [0.717, 1.165) is 25.0 Å². The van der Waals surface area contributed by atoms with Gasteiger partial charge in [0, 0.05) is 23.7 Å². The van der Waals surface area contributed by atoms with Gasteiger partial charge in [0.25, 0.3) is 0 Å². The van der Waals surface area contributed by atoms with Crippen LogP contribution in [0.15, 0.2) is 24.4 Å². The number of primary amides is 1. The van der Waals surface area contributed by atoms with Crippen LogP contribution < -0.4 is 5.73 Å². The summed E-state index contributed by atoms with van der Waals surface area (Å²) in [6.45, 7) is 0. The van der Waals surface area contributed by atoms with Crippen LogP contribution in [0.25, 0.3) is 0 Å². The highest BCUT2D eigenvalue weighted by Gasteiger charge is 2.31. The Morgan fingerprint density at radius 1 is 1.33 bits per heavy atom. The number of hydrogen-bond donors (Lipinski definition) is 1. The zero-order valence-corrected chi connectivity index (χ0v) is 8.73. The number of pyridine rings is 1. The first-order chi connectivity index (χ1) is 7.29. The average Bonchev–Trinajstić information content (AvgIpc) is 2.30. The van der Waals surface area contributed by atoms with Gasteiger partial charge in [0.15, 0.2) is 0 Å². The normalized spacial score (nSPS) is 26.1. The molecule has 1 aliphatic rings. The lowest BCUT2D eigenvalue weighted by molar-refractivity contribution is -0.123. The lowest BCUT2D eigenvalue weighted by atomic mass is 9.77. The highest BCUT2D eigenvalue weighted by molar-refractivity contribution is 5.77. The Labute approximate surface area is 89.7 Å². The minimum absolute atomic E-state index is 0.0198. The topological polar surface area (TPSA) is 56.0 Å². The lowest BCUT2D eigenvalue weighted by Gasteiger charge is -2.28. The van der Waals surface area contributed by atoms with E-state index in [0.29, 0.717) is 0 Å². The van der Waals surface area contributed by atoms with E-state index in [2.05, 4.69) is 4.98 Å². The Morgan fingerprint density at radius 3 is 2.80 bits per heavy atom. The van der Waals surface area contributed by atoms with Gasteiger partial charge in [-0.15, -0.1) is 0 Å². The number of hydrogen-bond acceptors (Lipinski definition) is 2. The molecule has 1 saturated carbocycles. The van der Waals surface area contributed by atoms with Crippen molar-refractivity contribution in [2.45, 2.75) is 31.6 Å². The Hall–Kier alpha value is -1.38. The Morgan fingerprint density at radius 2 is 2.13 bits per heavy atom. The van der Waals surface area contributed by atoms with Crippen LogP contribution in [0.5, 0.6) is 0 Å². The molecule has 1 aromatic heterocycles. The monoisotopic (exact) mass is 204 g/mol. The SMILES string of the molecule is NC(=O)C1CCCCC1c1ccccn1. The van der Waals surface area contributed by atoms with Crippen LogP contribution in [-0.4, -0.2) is 10.9 Å². The Kier molecular flexibility index (Phi) is 2.99. The van der Waals surface area contributed by atoms with Crippen LogP contribution in [0.1, 0.15) is 37.3 Å². The molecule has 1 amide bonds. The molecule has 0 bridgehead atoms. The van der Waals surface area contributed by atoms with Crippen molar-refractivity contribution in [3.8, 4) is 0 Å². The molecule has 3 heteroatoms. The molecule has 80 valence electrons. The zero-order chi connectivity index (χ0) is 10.7. The van der Waals surface area contributed by atoms with Gasteiger partial charge in [0.1, 0.15) is 0 Å². The van der Waals surface area contributed by atoms with Gasteiger partial charge < -0.3 is 5.73 Å². The van der Waals surface area contributed by atoms with Crippen molar-refractivity contribution >= 4 is 5.91 Å². The molecule has 0 radical (unpaired) electrons. The molecule has 1 fully saturated rings. The molecule has 2 unspecified atom stereocenters. The summed E-state index contributed by atoms with van der Waals surface area (Å²) in [5.41, 5.74) is 6.44. The van der Waals surface area contributed by atoms with Gasteiger partial charge in [0.05, 0.1) is 0 Å². The van der Waals surface area contributed by atoms with E-state index in [1.54, 1.807) is 6.20 Å². The zero-order valence-electron chi connectivity index (χ0n) is 8.73. The number of nitrogens with zero attached hydrogens (tertiary/aromatic N) is 1. The molecule has 15 heavy (non-hydrogen) atoms. The second-order valence-electron chi connectivity index (χ2n) is 4.15. The molecule has 2 atom stereocenters. The first kappa shape index (κ1) is 10.1. The number of aromatic nitrogens is 1. The summed E-state index contributed by atoms with van der Waals surface area (Å²) in [5.74, 6) is 0.0384. The highest BCUT2D eigenvalue weighted by atomic mass is 16.1. The number of carbonyl (C=O) groups is 1. The van der Waals surface area contributed by atoms with Crippen LogP contribution in [0, 0.1) is 5.92 Å². The van der Waals surface area contributed by atoms with Crippen LogP contribution in [0.4, 0.5) is 0 Å². The van der Waals surface area contributed by atoms with Crippen LogP contribution in [-0.2, 0) is 4.79 Å². The van der Waals surface area contributed by atoms with Crippen molar-refractivity contribution in [1.29, 1.82) is 0 Å². The van der Waals surface area contributed by atoms with Crippen molar-refractivity contribution in [3.05, 3.63) is 30.1 Å². The standard InChI is InChI=1S/C12H16N2O/c13-12(15)10-6-2-1-5-9(10)11-7-3-4-8-14-11/h3-4,7-10H,1-2,5-6H2,(H2,13,15). The molecule has 0 spiro atoms. The summed E-state index contributed by atoms with van der Waals surface area (Å²) in [6, 6.07) is 5.85. The third-order valence-electron chi connectivity index (χ3n) is 3.20. The van der Waals surface area contributed by atoms with Crippen LogP contribution in [0.3, 0.4) is 0 Å². The van der Waals surface area contributed by atoms with Gasteiger partial charge in [-0.3, -0.25) is 9.78 Å². The fourth-order valence-electron chi connectivity index (χ4n) is 2.42. The van der Waals surface area contributed by atoms with Gasteiger partial charge in [-0.05, 0) is 25.0 Å². The second-order valence-corrected chi connectivity index (χ2v) is 4.15. The van der Waals surface area contributed by atoms with E-state index in [-0.39, 0.29) is 17.7 Å². The molecular formula is C12H16N2O. The van der Waals surface area contributed by atoms with E-state index in [1.165, 1.54) is 6.42 Å². The van der Waals surface area contributed by atoms with Crippen LogP contribution >= 0.6 is 0 Å². The molecule has 2 N–H and O–H groups in total. The van der Waals surface area contributed by atoms with Gasteiger partial charge in [-0.2, -0.15) is 0 Å². The fourth-order valence-corrected chi connectivity index (χ4v) is 2.42. The van der Waals surface area contributed by atoms with Gasteiger partial charge in [-0.25, -0.2) is 0 Å². The summed E-state index contributed by atoms with van der Waals surface area (Å²) in [5, 5.41) is 0. The Bertz CT molecular complexity index is 337. The number of rotatable bonds is 2. The van der Waals surface area contributed by atoms with Gasteiger partial charge in [0.2, 0.25) is 5.91 Å². The molecule has 0 saturated heterocycles. The first-order valence-electron chi connectivity index (χ1n) is 5.49. The molecule has 1 aliphatic carbocycles. The van der Waals surface area contributed by atoms with Crippen molar-refractivity contribution in [2.75, 3.05) is 0 Å². The number of carbonyl (C=O) groups excluding carboxylic acids is 1. The minimum atomic E-state index is -0.176. The first-order valence-corrected chi connectivity index (χ1v) is 5.49. The van der Waals surface area contributed by atoms with E-state index in [9.17, 15) is 4.79 Å². The van der Waals surface area contributed by atoms with Crippen molar-refractivity contribution in [1.82, 2.24) is 4.98 Å². The van der Waals surface area contributed by atoms with Crippen molar-refractivity contribution in [3.63, 3.8) is 0 Å². The summed E-state index contributed by atoms with van der Waals surface area (Å²) >= 11 is 0. The molecule has 3 nitrogen and oxygen atoms in total. The summed E-state index contributed by atoms with van der Waals surface area (Å²) in [4.78, 5) is 15.7. The summed E-state index contributed by atoms with van der Waals surface area (Å²) in [6.07, 6.45) is 6.01. The van der Waals surface area contributed by atoms with Crippen molar-refractivity contribution in [2.24, 2.45) is 11.7 Å². The minimum Gasteiger partial charge on any atom is -0.369 e.